The van der Waals surface area contributed by atoms with Crippen molar-refractivity contribution in [2.24, 2.45) is 0 Å². The third-order valence-corrected chi connectivity index (χ3v) is 13.4. The number of aliphatic hydroxyl groups excluding tert-OH is 1. The molecule has 0 aromatic heterocycles. The van der Waals surface area contributed by atoms with Crippen LogP contribution >= 0.6 is 7.82 Å². The number of hydrogen-bond acceptors (Lipinski definition) is 10. The lowest BCUT2D eigenvalue weighted by molar-refractivity contribution is -0.161. The number of ether oxygens (including phenoxy) is 3. The number of hydrogen-bond donors (Lipinski definition) is 2. The minimum Gasteiger partial charge on any atom is -0.462 e. The van der Waals surface area contributed by atoms with Crippen molar-refractivity contribution in [3.8, 4) is 0 Å². The summed E-state index contributed by atoms with van der Waals surface area (Å²) in [5, 5.41) is 9.82. The van der Waals surface area contributed by atoms with Gasteiger partial charge in [0.1, 0.15) is 12.7 Å². The third-order valence-electron chi connectivity index (χ3n) is 12.4. The molecule has 2 N–H and O–H groups in total. The van der Waals surface area contributed by atoms with E-state index in [1.807, 2.05) is 0 Å². The quantitative estimate of drug-likeness (QED) is 0.0197. The van der Waals surface area contributed by atoms with Crippen molar-refractivity contribution in [1.82, 2.24) is 0 Å². The number of carbonyl (C=O) groups is 3. The van der Waals surface area contributed by atoms with E-state index >= 15 is 0 Å². The predicted molar refractivity (Wildman–Crippen MR) is 298 cm³/mol. The van der Waals surface area contributed by atoms with Crippen LogP contribution in [0.4, 0.5) is 0 Å². The molecule has 0 saturated carbocycles. The Balaban J connectivity index is 4.75. The number of phosphoric ester groups is 1. The Morgan fingerprint density at radius 2 is 0.722 bits per heavy atom. The SMILES string of the molecule is CC/C=C\C/C=C\C/C=C\C/C=C\CCCCC(=O)OCC(COP(=O)(O)OCC(CO)OC(=O)CCCCCCCCCCCCCCCCC)OC(=O)CCCCCCC/C=C\CCCCCCCC. The molecule has 0 spiro atoms. The summed E-state index contributed by atoms with van der Waals surface area (Å²) < 4.78 is 39.5. The van der Waals surface area contributed by atoms with Crippen molar-refractivity contribution in [3.05, 3.63) is 60.8 Å². The highest BCUT2D eigenvalue weighted by Crippen LogP contribution is 2.43. The van der Waals surface area contributed by atoms with Gasteiger partial charge in [0, 0.05) is 19.3 Å². The van der Waals surface area contributed by atoms with Crippen LogP contribution < -0.4 is 0 Å². The molecule has 0 aliphatic carbocycles. The van der Waals surface area contributed by atoms with Gasteiger partial charge >= 0.3 is 25.7 Å². The van der Waals surface area contributed by atoms with Gasteiger partial charge in [-0.25, -0.2) is 4.57 Å². The molecule has 0 aromatic carbocycles. The molecule has 0 radical (unpaired) electrons. The molecular formula is C60H107O11P. The summed E-state index contributed by atoms with van der Waals surface area (Å²) in [5.41, 5.74) is 0. The predicted octanol–water partition coefficient (Wildman–Crippen LogP) is 17.1. The Morgan fingerprint density at radius 1 is 0.403 bits per heavy atom. The van der Waals surface area contributed by atoms with Gasteiger partial charge in [-0.15, -0.1) is 0 Å². The van der Waals surface area contributed by atoms with Crippen LogP contribution in [0.5, 0.6) is 0 Å². The highest BCUT2D eigenvalue weighted by Gasteiger charge is 2.28. The van der Waals surface area contributed by atoms with Crippen LogP contribution in [-0.4, -0.2) is 66.5 Å². The lowest BCUT2D eigenvalue weighted by Crippen LogP contribution is -2.30. The first-order chi connectivity index (χ1) is 35.2. The maximum Gasteiger partial charge on any atom is 0.472 e. The summed E-state index contributed by atoms with van der Waals surface area (Å²) in [4.78, 5) is 48.5. The van der Waals surface area contributed by atoms with Crippen LogP contribution in [0.2, 0.25) is 0 Å². The first-order valence-corrected chi connectivity index (χ1v) is 30.7. The molecule has 0 aliphatic heterocycles. The van der Waals surface area contributed by atoms with Crippen LogP contribution in [0.1, 0.15) is 265 Å². The van der Waals surface area contributed by atoms with Gasteiger partial charge in [-0.05, 0) is 83.5 Å². The van der Waals surface area contributed by atoms with E-state index in [2.05, 4.69) is 81.5 Å². The van der Waals surface area contributed by atoms with Gasteiger partial charge in [-0.3, -0.25) is 23.4 Å². The largest absolute Gasteiger partial charge is 0.472 e. The monoisotopic (exact) mass is 1030 g/mol. The van der Waals surface area contributed by atoms with Gasteiger partial charge in [0.05, 0.1) is 19.8 Å². The molecule has 0 fully saturated rings. The second-order valence-electron chi connectivity index (χ2n) is 19.4. The standard InChI is InChI=1S/C60H107O11P/c1-4-7-10-13-16-19-22-25-28-31-34-37-40-43-46-49-58(62)67-53-57(71-60(64)51-48-45-42-39-36-33-30-27-24-21-18-15-12-9-6-3)55-69-72(65,66)68-54-56(52-61)70-59(63)50-47-44-41-38-35-32-29-26-23-20-17-14-11-8-5-2/h7,10,16,19,25,27-28,30,34,37,56-57,61H,4-6,8-9,11-15,17-18,20-24,26,29,31-33,35-36,38-55H2,1-3H3,(H,65,66)/b10-7-,19-16-,28-25-,30-27-,37-34-. The van der Waals surface area contributed by atoms with Gasteiger partial charge in [-0.2, -0.15) is 0 Å². The average molecular weight is 1040 g/mol. The summed E-state index contributed by atoms with van der Waals surface area (Å²) >= 11 is 0. The number of allylic oxidation sites excluding steroid dienone is 10. The fraction of sp³-hybridized carbons (Fsp3) is 0.783. The maximum absolute atomic E-state index is 12.9. The van der Waals surface area contributed by atoms with Crippen molar-refractivity contribution in [1.29, 1.82) is 0 Å². The van der Waals surface area contributed by atoms with Crippen LogP contribution in [-0.2, 0) is 42.2 Å². The van der Waals surface area contributed by atoms with Gasteiger partial charge in [0.2, 0.25) is 0 Å². The van der Waals surface area contributed by atoms with Gasteiger partial charge in [0.15, 0.2) is 6.10 Å². The lowest BCUT2D eigenvalue weighted by Gasteiger charge is -2.21. The summed E-state index contributed by atoms with van der Waals surface area (Å²) in [6, 6.07) is 0. The zero-order valence-electron chi connectivity index (χ0n) is 46.1. The van der Waals surface area contributed by atoms with Crippen molar-refractivity contribution in [2.45, 2.75) is 277 Å². The molecule has 11 nitrogen and oxygen atoms in total. The van der Waals surface area contributed by atoms with Crippen LogP contribution in [0.25, 0.3) is 0 Å². The van der Waals surface area contributed by atoms with E-state index in [1.165, 1.54) is 109 Å². The lowest BCUT2D eigenvalue weighted by atomic mass is 10.0. The number of esters is 3. The molecule has 72 heavy (non-hydrogen) atoms. The number of rotatable bonds is 54. The number of carbonyl (C=O) groups excluding carboxylic acids is 3. The van der Waals surface area contributed by atoms with Gasteiger partial charge < -0.3 is 24.2 Å². The summed E-state index contributed by atoms with van der Waals surface area (Å²) in [6.07, 6.45) is 58.9. The molecule has 0 saturated heterocycles. The molecule has 0 aliphatic rings. The number of unbranched alkanes of at least 4 members (excludes halogenated alkanes) is 27. The molecule has 3 atom stereocenters. The summed E-state index contributed by atoms with van der Waals surface area (Å²) in [6.45, 7) is 4.50. The molecule has 0 bridgehead atoms. The van der Waals surface area contributed by atoms with E-state index in [0.717, 1.165) is 96.3 Å². The van der Waals surface area contributed by atoms with Crippen LogP contribution in [0.15, 0.2) is 60.8 Å². The number of phosphoric acid groups is 1. The first kappa shape index (κ1) is 69.2. The van der Waals surface area contributed by atoms with Crippen molar-refractivity contribution < 1.29 is 52.2 Å². The normalized spacial score (nSPS) is 13.8. The fourth-order valence-corrected chi connectivity index (χ4v) is 8.77. The molecule has 0 heterocycles. The second kappa shape index (κ2) is 54.4. The van der Waals surface area contributed by atoms with E-state index in [1.54, 1.807) is 0 Å². The molecule has 0 rings (SSSR count). The average Bonchev–Trinajstić information content (AvgIpc) is 3.37. The minimum absolute atomic E-state index is 0.149. The zero-order chi connectivity index (χ0) is 52.7. The first-order valence-electron chi connectivity index (χ1n) is 29.2. The Morgan fingerprint density at radius 3 is 1.15 bits per heavy atom. The highest BCUT2D eigenvalue weighted by molar-refractivity contribution is 7.47. The van der Waals surface area contributed by atoms with E-state index in [4.69, 9.17) is 23.3 Å². The van der Waals surface area contributed by atoms with Crippen molar-refractivity contribution in [2.75, 3.05) is 26.4 Å². The van der Waals surface area contributed by atoms with Crippen molar-refractivity contribution in [3.63, 3.8) is 0 Å². The molecule has 0 aromatic rings. The molecule has 0 amide bonds. The molecule has 3 unspecified atom stereocenters. The van der Waals surface area contributed by atoms with Gasteiger partial charge in [0.25, 0.3) is 0 Å². The van der Waals surface area contributed by atoms with E-state index in [-0.39, 0.29) is 25.9 Å². The smallest absolute Gasteiger partial charge is 0.462 e. The van der Waals surface area contributed by atoms with Crippen LogP contribution in [0.3, 0.4) is 0 Å². The minimum atomic E-state index is -4.76. The molecule has 418 valence electrons. The highest BCUT2D eigenvalue weighted by atomic mass is 31.2. The van der Waals surface area contributed by atoms with Crippen LogP contribution in [0, 0.1) is 0 Å². The topological polar surface area (TPSA) is 155 Å². The van der Waals surface area contributed by atoms with E-state index in [9.17, 15) is 28.9 Å². The maximum atomic E-state index is 12.9. The second-order valence-corrected chi connectivity index (χ2v) is 20.9. The Hall–Kier alpha value is -2.82. The Labute approximate surface area is 440 Å². The fourth-order valence-electron chi connectivity index (χ4n) is 7.99. The van der Waals surface area contributed by atoms with E-state index < -0.39 is 57.8 Å². The Kier molecular flexibility index (Phi) is 52.3. The molecular weight excluding hydrogens is 928 g/mol. The van der Waals surface area contributed by atoms with E-state index in [0.29, 0.717) is 19.3 Å². The number of aliphatic hydroxyl groups is 1. The molecule has 12 heteroatoms. The third kappa shape index (κ3) is 52.1. The Bertz CT molecular complexity index is 1440. The van der Waals surface area contributed by atoms with Gasteiger partial charge in [-0.1, -0.05) is 223 Å². The summed E-state index contributed by atoms with van der Waals surface area (Å²) in [7, 11) is -4.76. The zero-order valence-corrected chi connectivity index (χ0v) is 47.0. The summed E-state index contributed by atoms with van der Waals surface area (Å²) in [5.74, 6) is -1.51. The van der Waals surface area contributed by atoms with Crippen molar-refractivity contribution >= 4 is 25.7 Å².